The van der Waals surface area contributed by atoms with Crippen LogP contribution in [0.2, 0.25) is 0 Å². The summed E-state index contributed by atoms with van der Waals surface area (Å²) >= 11 is 0. The molecule has 0 spiro atoms. The molecule has 11 heteroatoms. The standard InChI is InChI=1S/C14H12F4N4O3/c15-11(16)13-21-20-12(25-13)7-1-2-22(10(24)3-7)6-9(23)19-8-4-14(17,18)5-8/h1-3,8,11H,4-6H2,(H,19,23). The van der Waals surface area contributed by atoms with Gasteiger partial charge in [0.05, 0.1) is 0 Å². The van der Waals surface area contributed by atoms with Gasteiger partial charge in [0.1, 0.15) is 6.54 Å². The fourth-order valence-electron chi connectivity index (χ4n) is 2.40. The van der Waals surface area contributed by atoms with E-state index in [1.807, 2.05) is 0 Å². The van der Waals surface area contributed by atoms with E-state index in [4.69, 9.17) is 4.42 Å². The van der Waals surface area contributed by atoms with Crippen LogP contribution < -0.4 is 10.9 Å². The molecule has 2 aromatic rings. The number of rotatable bonds is 5. The van der Waals surface area contributed by atoms with Crippen LogP contribution >= 0.6 is 0 Å². The molecule has 0 bridgehead atoms. The Morgan fingerprint density at radius 2 is 2.12 bits per heavy atom. The number of nitrogens with one attached hydrogen (secondary N) is 1. The topological polar surface area (TPSA) is 90.0 Å². The maximum Gasteiger partial charge on any atom is 0.314 e. The van der Waals surface area contributed by atoms with Crippen LogP contribution in [0.3, 0.4) is 0 Å². The number of alkyl halides is 4. The molecule has 25 heavy (non-hydrogen) atoms. The Bertz CT molecular complexity index is 841. The highest BCUT2D eigenvalue weighted by Crippen LogP contribution is 2.37. The molecule has 2 aromatic heterocycles. The van der Waals surface area contributed by atoms with Gasteiger partial charge in [0.15, 0.2) is 0 Å². The van der Waals surface area contributed by atoms with Gasteiger partial charge in [-0.2, -0.15) is 8.78 Å². The van der Waals surface area contributed by atoms with E-state index in [0.717, 1.165) is 10.6 Å². The Morgan fingerprint density at radius 3 is 2.68 bits per heavy atom. The normalized spacial score (nSPS) is 16.7. The maximum atomic E-state index is 12.7. The fraction of sp³-hybridized carbons (Fsp3) is 0.429. The van der Waals surface area contributed by atoms with Crippen molar-refractivity contribution in [3.8, 4) is 11.5 Å². The monoisotopic (exact) mass is 360 g/mol. The lowest BCUT2D eigenvalue weighted by atomic mass is 9.88. The highest BCUT2D eigenvalue weighted by Gasteiger charge is 2.45. The van der Waals surface area contributed by atoms with E-state index >= 15 is 0 Å². The highest BCUT2D eigenvalue weighted by atomic mass is 19.3. The number of carbonyl (C=O) groups is 1. The van der Waals surface area contributed by atoms with E-state index in [0.29, 0.717) is 0 Å². The van der Waals surface area contributed by atoms with Gasteiger partial charge in [-0.15, -0.1) is 10.2 Å². The molecule has 0 unspecified atom stereocenters. The van der Waals surface area contributed by atoms with Crippen LogP contribution in [0, 0.1) is 0 Å². The second kappa shape index (κ2) is 6.30. The summed E-state index contributed by atoms with van der Waals surface area (Å²) in [6.45, 7) is -0.354. The third kappa shape index (κ3) is 3.86. The van der Waals surface area contributed by atoms with E-state index in [2.05, 4.69) is 15.5 Å². The smallest absolute Gasteiger partial charge is 0.314 e. The van der Waals surface area contributed by atoms with E-state index in [-0.39, 0.29) is 18.0 Å². The van der Waals surface area contributed by atoms with Crippen LogP contribution in [0.5, 0.6) is 0 Å². The average Bonchev–Trinajstić information content (AvgIpc) is 2.97. The summed E-state index contributed by atoms with van der Waals surface area (Å²) in [4.78, 5) is 23.8. The zero-order valence-corrected chi connectivity index (χ0v) is 12.6. The van der Waals surface area contributed by atoms with E-state index in [1.165, 1.54) is 12.3 Å². The molecule has 1 amide bonds. The van der Waals surface area contributed by atoms with Crippen molar-refractivity contribution in [2.24, 2.45) is 0 Å². The quantitative estimate of drug-likeness (QED) is 0.821. The van der Waals surface area contributed by atoms with E-state index in [9.17, 15) is 27.2 Å². The molecule has 7 nitrogen and oxygen atoms in total. The molecule has 0 aliphatic heterocycles. The predicted molar refractivity (Wildman–Crippen MR) is 75.1 cm³/mol. The Kier molecular flexibility index (Phi) is 4.31. The fourth-order valence-corrected chi connectivity index (χ4v) is 2.40. The maximum absolute atomic E-state index is 12.7. The Morgan fingerprint density at radius 1 is 1.40 bits per heavy atom. The summed E-state index contributed by atoms with van der Waals surface area (Å²) in [5.74, 6) is -4.44. The Hall–Kier alpha value is -2.72. The minimum Gasteiger partial charge on any atom is -0.415 e. The van der Waals surface area contributed by atoms with Gasteiger partial charge in [0.25, 0.3) is 17.4 Å². The number of hydrogen-bond donors (Lipinski definition) is 1. The van der Waals surface area contributed by atoms with Crippen LogP contribution in [0.15, 0.2) is 27.5 Å². The molecular weight excluding hydrogens is 348 g/mol. The molecule has 0 aromatic carbocycles. The molecule has 1 N–H and O–H groups in total. The number of nitrogens with zero attached hydrogens (tertiary/aromatic N) is 3. The largest absolute Gasteiger partial charge is 0.415 e. The van der Waals surface area contributed by atoms with Crippen molar-refractivity contribution in [1.29, 1.82) is 0 Å². The number of pyridine rings is 1. The second-order valence-electron chi connectivity index (χ2n) is 5.66. The minimum absolute atomic E-state index is 0.125. The van der Waals surface area contributed by atoms with Crippen LogP contribution in [0.4, 0.5) is 17.6 Å². The molecule has 0 atom stereocenters. The Balaban J connectivity index is 1.65. The first-order valence-corrected chi connectivity index (χ1v) is 7.23. The molecule has 1 aliphatic carbocycles. The van der Waals surface area contributed by atoms with Crippen molar-refractivity contribution in [3.63, 3.8) is 0 Å². The van der Waals surface area contributed by atoms with Crippen molar-refractivity contribution in [3.05, 3.63) is 34.6 Å². The van der Waals surface area contributed by atoms with Gasteiger partial charge in [0, 0.05) is 36.7 Å². The first-order chi connectivity index (χ1) is 11.7. The summed E-state index contributed by atoms with van der Waals surface area (Å²) in [6.07, 6.45) is -2.52. The lowest BCUT2D eigenvalue weighted by Gasteiger charge is -2.35. The number of halogens is 4. The van der Waals surface area contributed by atoms with Crippen molar-refractivity contribution < 1.29 is 26.8 Å². The minimum atomic E-state index is -2.93. The van der Waals surface area contributed by atoms with Gasteiger partial charge < -0.3 is 14.3 Å². The van der Waals surface area contributed by atoms with E-state index in [1.54, 1.807) is 0 Å². The summed E-state index contributed by atoms with van der Waals surface area (Å²) in [7, 11) is 0. The molecule has 134 valence electrons. The third-order valence-corrected chi connectivity index (χ3v) is 3.64. The predicted octanol–water partition coefficient (Wildman–Crippen LogP) is 1.75. The summed E-state index contributed by atoms with van der Waals surface area (Å²) in [5, 5.41) is 8.97. The average molecular weight is 360 g/mol. The van der Waals surface area contributed by atoms with Crippen LogP contribution in [-0.2, 0) is 11.3 Å². The van der Waals surface area contributed by atoms with Gasteiger partial charge in [-0.1, -0.05) is 0 Å². The zero-order valence-electron chi connectivity index (χ0n) is 12.6. The molecule has 3 rings (SSSR count). The third-order valence-electron chi connectivity index (χ3n) is 3.64. The van der Waals surface area contributed by atoms with Gasteiger partial charge >= 0.3 is 6.43 Å². The van der Waals surface area contributed by atoms with Crippen molar-refractivity contribution >= 4 is 5.91 Å². The van der Waals surface area contributed by atoms with E-state index < -0.39 is 48.6 Å². The van der Waals surface area contributed by atoms with Crippen LogP contribution in [-0.4, -0.2) is 32.6 Å². The second-order valence-corrected chi connectivity index (χ2v) is 5.66. The lowest BCUT2D eigenvalue weighted by molar-refractivity contribution is -0.129. The SMILES string of the molecule is O=C(Cn1ccc(-c2nnc(C(F)F)o2)cc1=O)NC1CC(F)(F)C1. The van der Waals surface area contributed by atoms with Crippen LogP contribution in [0.1, 0.15) is 25.2 Å². The van der Waals surface area contributed by atoms with Crippen molar-refractivity contribution in [1.82, 2.24) is 20.1 Å². The highest BCUT2D eigenvalue weighted by molar-refractivity contribution is 5.76. The molecular formula is C14H12F4N4O3. The first kappa shape index (κ1) is 17.1. The molecule has 1 saturated carbocycles. The van der Waals surface area contributed by atoms with Crippen LogP contribution in [0.25, 0.3) is 11.5 Å². The van der Waals surface area contributed by atoms with Gasteiger partial charge in [-0.25, -0.2) is 8.78 Å². The molecule has 0 saturated heterocycles. The summed E-state index contributed by atoms with van der Waals surface area (Å²) in [6, 6.07) is 1.78. The molecule has 1 fully saturated rings. The molecule has 2 heterocycles. The molecule has 0 radical (unpaired) electrons. The van der Waals surface area contributed by atoms with Gasteiger partial charge in [0.2, 0.25) is 11.8 Å². The Labute approximate surface area is 137 Å². The number of aromatic nitrogens is 3. The number of carbonyl (C=O) groups excluding carboxylic acids is 1. The van der Waals surface area contributed by atoms with Crippen molar-refractivity contribution in [2.75, 3.05) is 0 Å². The van der Waals surface area contributed by atoms with Gasteiger partial charge in [-0.05, 0) is 6.07 Å². The summed E-state index contributed by atoms with van der Waals surface area (Å²) < 4.78 is 56.0. The number of hydrogen-bond acceptors (Lipinski definition) is 5. The number of amides is 1. The van der Waals surface area contributed by atoms with Crippen molar-refractivity contribution in [2.45, 2.75) is 37.8 Å². The lowest BCUT2D eigenvalue weighted by Crippen LogP contribution is -2.51. The zero-order chi connectivity index (χ0) is 18.2. The first-order valence-electron chi connectivity index (χ1n) is 7.23. The summed E-state index contributed by atoms with van der Waals surface area (Å²) in [5.41, 5.74) is -0.483. The van der Waals surface area contributed by atoms with Gasteiger partial charge in [-0.3, -0.25) is 9.59 Å². The molecule has 1 aliphatic rings.